The van der Waals surface area contributed by atoms with E-state index in [0.29, 0.717) is 11.4 Å². The van der Waals surface area contributed by atoms with E-state index in [2.05, 4.69) is 15.7 Å². The molecule has 0 aliphatic heterocycles. The molecule has 0 spiro atoms. The van der Waals surface area contributed by atoms with E-state index in [9.17, 15) is 18.4 Å². The molecule has 0 bridgehead atoms. The quantitative estimate of drug-likeness (QED) is 0.720. The minimum atomic E-state index is -0.732. The van der Waals surface area contributed by atoms with Gasteiger partial charge in [-0.2, -0.15) is 5.10 Å². The van der Waals surface area contributed by atoms with Crippen molar-refractivity contribution < 1.29 is 18.4 Å². The Bertz CT molecular complexity index is 987. The van der Waals surface area contributed by atoms with Gasteiger partial charge in [-0.25, -0.2) is 8.78 Å². The second-order valence-electron chi connectivity index (χ2n) is 5.82. The van der Waals surface area contributed by atoms with Crippen LogP contribution in [0.3, 0.4) is 0 Å². The van der Waals surface area contributed by atoms with Crippen LogP contribution in [-0.4, -0.2) is 21.6 Å². The summed E-state index contributed by atoms with van der Waals surface area (Å²) in [4.78, 5) is 24.5. The number of aromatic nitrogens is 2. The number of rotatable bonds is 5. The number of nitrogens with zero attached hydrogens (tertiary/aromatic N) is 2. The van der Waals surface area contributed by atoms with E-state index in [4.69, 9.17) is 0 Å². The van der Waals surface area contributed by atoms with Gasteiger partial charge in [0.05, 0.1) is 0 Å². The molecule has 6 nitrogen and oxygen atoms in total. The molecule has 1 unspecified atom stereocenters. The van der Waals surface area contributed by atoms with E-state index in [1.54, 1.807) is 19.1 Å². The number of carbonyl (C=O) groups excluding carboxylic acids is 2. The topological polar surface area (TPSA) is 76.0 Å². The molecule has 0 fully saturated rings. The average molecular weight is 370 g/mol. The normalized spacial score (nSPS) is 11.7. The molecule has 0 aliphatic carbocycles. The van der Waals surface area contributed by atoms with Crippen molar-refractivity contribution >= 4 is 23.2 Å². The second-order valence-corrected chi connectivity index (χ2v) is 5.82. The highest BCUT2D eigenvalue weighted by Gasteiger charge is 2.18. The lowest BCUT2D eigenvalue weighted by molar-refractivity contribution is -0.119. The molecular formula is C19H16F2N4O2. The predicted octanol–water partition coefficient (Wildman–Crippen LogP) is 3.61. The first kappa shape index (κ1) is 18.2. The third-order valence-corrected chi connectivity index (χ3v) is 3.79. The van der Waals surface area contributed by atoms with Gasteiger partial charge in [0.25, 0.3) is 5.91 Å². The number of benzene rings is 2. The largest absolute Gasteiger partial charge is 0.324 e. The fourth-order valence-corrected chi connectivity index (χ4v) is 2.37. The van der Waals surface area contributed by atoms with Gasteiger partial charge in [0.1, 0.15) is 17.7 Å². The van der Waals surface area contributed by atoms with Crippen LogP contribution < -0.4 is 10.6 Å². The first-order chi connectivity index (χ1) is 12.9. The molecule has 138 valence electrons. The lowest BCUT2D eigenvalue weighted by atomic mass is 10.2. The SMILES string of the molecule is CC(C(=O)Nc1cccc(F)c1)n1ccc(C(=O)Nc2cccc(F)c2)n1. The lowest BCUT2D eigenvalue weighted by Gasteiger charge is -2.12. The van der Waals surface area contributed by atoms with Gasteiger partial charge in [0.2, 0.25) is 5.91 Å². The maximum absolute atomic E-state index is 13.2. The van der Waals surface area contributed by atoms with Crippen molar-refractivity contribution in [3.63, 3.8) is 0 Å². The minimum absolute atomic E-state index is 0.0738. The highest BCUT2D eigenvalue weighted by atomic mass is 19.1. The van der Waals surface area contributed by atoms with Crippen molar-refractivity contribution in [2.24, 2.45) is 0 Å². The molecule has 2 amide bonds. The van der Waals surface area contributed by atoms with Crippen LogP contribution in [0.2, 0.25) is 0 Å². The molecule has 1 atom stereocenters. The molecule has 3 aromatic rings. The lowest BCUT2D eigenvalue weighted by Crippen LogP contribution is -2.24. The van der Waals surface area contributed by atoms with Gasteiger partial charge in [-0.1, -0.05) is 12.1 Å². The highest BCUT2D eigenvalue weighted by Crippen LogP contribution is 2.14. The van der Waals surface area contributed by atoms with Gasteiger partial charge < -0.3 is 10.6 Å². The molecule has 1 heterocycles. The van der Waals surface area contributed by atoms with Crippen LogP contribution in [0.15, 0.2) is 60.8 Å². The van der Waals surface area contributed by atoms with E-state index in [1.807, 2.05) is 0 Å². The summed E-state index contributed by atoms with van der Waals surface area (Å²) in [7, 11) is 0. The predicted molar refractivity (Wildman–Crippen MR) is 96.3 cm³/mol. The number of hydrogen-bond donors (Lipinski definition) is 2. The summed E-state index contributed by atoms with van der Waals surface area (Å²) in [5.74, 6) is -1.88. The first-order valence-corrected chi connectivity index (χ1v) is 8.11. The summed E-state index contributed by atoms with van der Waals surface area (Å²) in [5.41, 5.74) is 0.694. The van der Waals surface area contributed by atoms with Crippen LogP contribution in [0.25, 0.3) is 0 Å². The van der Waals surface area contributed by atoms with E-state index in [0.717, 1.165) is 0 Å². The molecule has 2 aromatic carbocycles. The summed E-state index contributed by atoms with van der Waals surface area (Å²) in [6, 6.07) is 11.7. The van der Waals surface area contributed by atoms with Crippen LogP contribution in [0.1, 0.15) is 23.5 Å². The van der Waals surface area contributed by atoms with Crippen LogP contribution in [0, 0.1) is 11.6 Å². The van der Waals surface area contributed by atoms with Crippen LogP contribution in [0.5, 0.6) is 0 Å². The smallest absolute Gasteiger partial charge is 0.276 e. The number of anilines is 2. The van der Waals surface area contributed by atoms with Gasteiger partial charge in [-0.05, 0) is 49.4 Å². The Morgan fingerprint density at radius 2 is 1.56 bits per heavy atom. The van der Waals surface area contributed by atoms with E-state index in [1.165, 1.54) is 53.3 Å². The van der Waals surface area contributed by atoms with Gasteiger partial charge in [-0.15, -0.1) is 0 Å². The van der Waals surface area contributed by atoms with E-state index in [-0.39, 0.29) is 5.69 Å². The van der Waals surface area contributed by atoms with Gasteiger partial charge in [0, 0.05) is 17.6 Å². The number of carbonyl (C=O) groups is 2. The highest BCUT2D eigenvalue weighted by molar-refractivity contribution is 6.02. The summed E-state index contributed by atoms with van der Waals surface area (Å²) in [5, 5.41) is 9.20. The van der Waals surface area contributed by atoms with E-state index >= 15 is 0 Å². The third kappa shape index (κ3) is 4.55. The van der Waals surface area contributed by atoms with Crippen LogP contribution >= 0.6 is 0 Å². The zero-order valence-corrected chi connectivity index (χ0v) is 14.3. The van der Waals surface area contributed by atoms with Gasteiger partial charge in [-0.3, -0.25) is 14.3 Å². The standard InChI is InChI=1S/C19H16F2N4O2/c1-12(18(26)22-15-6-2-4-13(20)10-15)25-9-8-17(24-25)19(27)23-16-7-3-5-14(21)11-16/h2-12H,1H3,(H,22,26)(H,23,27). The average Bonchev–Trinajstić information content (AvgIpc) is 3.11. The molecular weight excluding hydrogens is 354 g/mol. The molecule has 0 radical (unpaired) electrons. The molecule has 0 saturated carbocycles. The van der Waals surface area contributed by atoms with E-state index < -0.39 is 29.5 Å². The maximum Gasteiger partial charge on any atom is 0.276 e. The van der Waals surface area contributed by atoms with Crippen molar-refractivity contribution in [1.29, 1.82) is 0 Å². The van der Waals surface area contributed by atoms with Crippen LogP contribution in [-0.2, 0) is 4.79 Å². The fourth-order valence-electron chi connectivity index (χ4n) is 2.37. The second kappa shape index (κ2) is 7.77. The Labute approximate surface area is 153 Å². The third-order valence-electron chi connectivity index (χ3n) is 3.79. The van der Waals surface area contributed by atoms with Crippen molar-refractivity contribution in [2.75, 3.05) is 10.6 Å². The Balaban J connectivity index is 1.67. The monoisotopic (exact) mass is 370 g/mol. The zero-order chi connectivity index (χ0) is 19.4. The van der Waals surface area contributed by atoms with Gasteiger partial charge >= 0.3 is 0 Å². The summed E-state index contributed by atoms with van der Waals surface area (Å²) in [6.07, 6.45) is 1.48. The molecule has 0 aliphatic rings. The first-order valence-electron chi connectivity index (χ1n) is 8.11. The van der Waals surface area contributed by atoms with Crippen LogP contribution in [0.4, 0.5) is 20.2 Å². The number of amides is 2. The van der Waals surface area contributed by atoms with Crippen molar-refractivity contribution in [1.82, 2.24) is 9.78 Å². The Hall–Kier alpha value is -3.55. The number of hydrogen-bond acceptors (Lipinski definition) is 3. The Morgan fingerprint density at radius 1 is 0.963 bits per heavy atom. The molecule has 1 aromatic heterocycles. The molecule has 2 N–H and O–H groups in total. The molecule has 3 rings (SSSR count). The van der Waals surface area contributed by atoms with Crippen molar-refractivity contribution in [2.45, 2.75) is 13.0 Å². The van der Waals surface area contributed by atoms with Crippen molar-refractivity contribution in [3.8, 4) is 0 Å². The number of halogens is 2. The fraction of sp³-hybridized carbons (Fsp3) is 0.105. The summed E-state index contributed by atoms with van der Waals surface area (Å²) < 4.78 is 27.7. The minimum Gasteiger partial charge on any atom is -0.324 e. The molecule has 27 heavy (non-hydrogen) atoms. The summed E-state index contributed by atoms with van der Waals surface area (Å²) in [6.45, 7) is 1.59. The molecule has 0 saturated heterocycles. The Kier molecular flexibility index (Phi) is 5.25. The maximum atomic E-state index is 13.2. The zero-order valence-electron chi connectivity index (χ0n) is 14.3. The van der Waals surface area contributed by atoms with Gasteiger partial charge in [0.15, 0.2) is 5.69 Å². The Morgan fingerprint density at radius 3 is 2.15 bits per heavy atom. The molecule has 8 heteroatoms. The number of nitrogens with one attached hydrogen (secondary N) is 2. The summed E-state index contributed by atoms with van der Waals surface area (Å²) >= 11 is 0. The van der Waals surface area contributed by atoms with Crippen molar-refractivity contribution in [3.05, 3.63) is 78.1 Å².